The van der Waals surface area contributed by atoms with Gasteiger partial charge in [-0.1, -0.05) is 29.3 Å². The van der Waals surface area contributed by atoms with Gasteiger partial charge in [0, 0.05) is 16.6 Å². The largest absolute Gasteiger partial charge is 0.354 e. The van der Waals surface area contributed by atoms with Crippen LogP contribution in [0, 0.1) is 0 Å². The number of nitrogens with zero attached hydrogens (tertiary/aromatic N) is 4. The van der Waals surface area contributed by atoms with Crippen LogP contribution in [0.2, 0.25) is 10.0 Å². The summed E-state index contributed by atoms with van der Waals surface area (Å²) in [5.41, 5.74) is 0.827. The molecule has 0 fully saturated rings. The predicted octanol–water partition coefficient (Wildman–Crippen LogP) is 1.34. The smallest absolute Gasteiger partial charge is 0.241 e. The third-order valence-electron chi connectivity index (χ3n) is 2.46. The highest BCUT2D eigenvalue weighted by Crippen LogP contribution is 2.24. The first-order valence-corrected chi connectivity index (χ1v) is 6.33. The average molecular weight is 300 g/mol. The normalized spacial score (nSPS) is 10.4. The van der Waals surface area contributed by atoms with Crippen molar-refractivity contribution >= 4 is 29.1 Å². The molecule has 1 heterocycles. The second kappa shape index (κ2) is 6.49. The molecule has 1 N–H and O–H groups in total. The van der Waals surface area contributed by atoms with Crippen LogP contribution in [0.3, 0.4) is 0 Å². The molecule has 0 bridgehead atoms. The molecule has 1 amide bonds. The molecule has 0 atom stereocenters. The van der Waals surface area contributed by atoms with Gasteiger partial charge in [-0.05, 0) is 34.5 Å². The molecule has 2 aromatic rings. The Morgan fingerprint density at radius 3 is 2.68 bits per heavy atom. The molecule has 0 saturated carbocycles. The summed E-state index contributed by atoms with van der Waals surface area (Å²) in [6.07, 6.45) is 1.95. The number of nitrogens with one attached hydrogen (secondary N) is 1. The molecule has 0 aliphatic carbocycles. The number of carbonyl (C=O) groups excluding carboxylic acids is 1. The maximum Gasteiger partial charge on any atom is 0.241 e. The van der Waals surface area contributed by atoms with Gasteiger partial charge in [-0.2, -0.15) is 0 Å². The van der Waals surface area contributed by atoms with E-state index in [9.17, 15) is 4.79 Å². The summed E-state index contributed by atoms with van der Waals surface area (Å²) >= 11 is 12.1. The Labute approximate surface area is 119 Å². The van der Waals surface area contributed by atoms with Crippen LogP contribution >= 0.6 is 23.2 Å². The van der Waals surface area contributed by atoms with Crippen molar-refractivity contribution in [3.8, 4) is 0 Å². The maximum absolute atomic E-state index is 11.6. The Morgan fingerprint density at radius 1 is 1.32 bits per heavy atom. The minimum Gasteiger partial charge on any atom is -0.354 e. The summed E-state index contributed by atoms with van der Waals surface area (Å²) in [5, 5.41) is 14.4. The first-order chi connectivity index (χ1) is 9.16. The molecule has 0 radical (unpaired) electrons. The van der Waals surface area contributed by atoms with E-state index in [1.54, 1.807) is 18.2 Å². The number of aromatic nitrogens is 4. The summed E-state index contributed by atoms with van der Waals surface area (Å²) in [6, 6.07) is 5.32. The van der Waals surface area contributed by atoms with Crippen LogP contribution < -0.4 is 5.32 Å². The van der Waals surface area contributed by atoms with E-state index in [1.165, 1.54) is 11.0 Å². The summed E-state index contributed by atoms with van der Waals surface area (Å²) in [5.74, 6) is -0.171. The lowest BCUT2D eigenvalue weighted by molar-refractivity contribution is -0.121. The number of carbonyl (C=O) groups is 1. The fourth-order valence-electron chi connectivity index (χ4n) is 1.55. The molecule has 6 nitrogen and oxygen atoms in total. The Morgan fingerprint density at radius 2 is 2.05 bits per heavy atom. The molecule has 0 aliphatic rings. The van der Waals surface area contributed by atoms with Crippen molar-refractivity contribution < 1.29 is 4.79 Å². The topological polar surface area (TPSA) is 72.7 Å². The molecule has 100 valence electrons. The number of halogens is 2. The van der Waals surface area contributed by atoms with Crippen molar-refractivity contribution in [3.05, 3.63) is 40.1 Å². The zero-order valence-electron chi connectivity index (χ0n) is 9.88. The van der Waals surface area contributed by atoms with Crippen molar-refractivity contribution in [2.75, 3.05) is 6.54 Å². The summed E-state index contributed by atoms with van der Waals surface area (Å²) in [6.45, 7) is 0.535. The maximum atomic E-state index is 11.6. The standard InChI is InChI=1S/C11H11Cl2N5O/c12-9-2-1-3-10(13)8(9)4-5-14-11(19)6-18-7-15-16-17-18/h1-3,7H,4-6H2,(H,14,19). The molecule has 1 aromatic carbocycles. The molecular formula is C11H11Cl2N5O. The first kappa shape index (κ1) is 13.8. The third kappa shape index (κ3) is 3.90. The molecule has 19 heavy (non-hydrogen) atoms. The predicted molar refractivity (Wildman–Crippen MR) is 71.0 cm³/mol. The Balaban J connectivity index is 1.82. The van der Waals surface area contributed by atoms with E-state index in [2.05, 4.69) is 20.8 Å². The molecule has 0 saturated heterocycles. The van der Waals surface area contributed by atoms with Crippen LogP contribution in [0.5, 0.6) is 0 Å². The quantitative estimate of drug-likeness (QED) is 0.904. The molecular weight excluding hydrogens is 289 g/mol. The van der Waals surface area contributed by atoms with Crippen LogP contribution in [0.25, 0.3) is 0 Å². The van der Waals surface area contributed by atoms with E-state index in [4.69, 9.17) is 23.2 Å². The number of hydrogen-bond donors (Lipinski definition) is 1. The Kier molecular flexibility index (Phi) is 4.70. The van der Waals surface area contributed by atoms with Crippen molar-refractivity contribution in [1.82, 2.24) is 25.5 Å². The minimum atomic E-state index is -0.171. The highest BCUT2D eigenvalue weighted by atomic mass is 35.5. The minimum absolute atomic E-state index is 0.0866. The zero-order chi connectivity index (χ0) is 13.7. The fraction of sp³-hybridized carbons (Fsp3) is 0.273. The van der Waals surface area contributed by atoms with Gasteiger partial charge in [0.15, 0.2) is 0 Å². The molecule has 0 spiro atoms. The van der Waals surface area contributed by atoms with E-state index >= 15 is 0 Å². The van der Waals surface area contributed by atoms with Gasteiger partial charge in [-0.25, -0.2) is 4.68 Å². The van der Waals surface area contributed by atoms with Gasteiger partial charge in [0.25, 0.3) is 0 Å². The van der Waals surface area contributed by atoms with Crippen molar-refractivity contribution in [3.63, 3.8) is 0 Å². The van der Waals surface area contributed by atoms with E-state index in [1.807, 2.05) is 0 Å². The van der Waals surface area contributed by atoms with Gasteiger partial charge >= 0.3 is 0 Å². The van der Waals surface area contributed by atoms with Crippen LogP contribution in [-0.2, 0) is 17.8 Å². The van der Waals surface area contributed by atoms with Crippen LogP contribution in [0.15, 0.2) is 24.5 Å². The number of amides is 1. The van der Waals surface area contributed by atoms with Crippen molar-refractivity contribution in [1.29, 1.82) is 0 Å². The SMILES string of the molecule is O=C(Cn1cnnn1)NCCc1c(Cl)cccc1Cl. The molecule has 0 unspecified atom stereocenters. The number of rotatable bonds is 5. The number of tetrazole rings is 1. The monoisotopic (exact) mass is 299 g/mol. The second-order valence-electron chi connectivity index (χ2n) is 3.81. The lowest BCUT2D eigenvalue weighted by Crippen LogP contribution is -2.29. The van der Waals surface area contributed by atoms with E-state index in [0.717, 1.165) is 5.56 Å². The van der Waals surface area contributed by atoms with Crippen LogP contribution in [0.4, 0.5) is 0 Å². The highest BCUT2D eigenvalue weighted by Gasteiger charge is 2.07. The fourth-order valence-corrected chi connectivity index (χ4v) is 2.14. The highest BCUT2D eigenvalue weighted by molar-refractivity contribution is 6.35. The lowest BCUT2D eigenvalue weighted by Gasteiger charge is -2.08. The van der Waals surface area contributed by atoms with Gasteiger partial charge in [0.1, 0.15) is 12.9 Å². The third-order valence-corrected chi connectivity index (χ3v) is 3.16. The summed E-state index contributed by atoms with van der Waals surface area (Å²) < 4.78 is 1.35. The zero-order valence-corrected chi connectivity index (χ0v) is 11.4. The first-order valence-electron chi connectivity index (χ1n) is 5.57. The van der Waals surface area contributed by atoms with Crippen molar-refractivity contribution in [2.45, 2.75) is 13.0 Å². The van der Waals surface area contributed by atoms with Crippen LogP contribution in [-0.4, -0.2) is 32.7 Å². The summed E-state index contributed by atoms with van der Waals surface area (Å²) in [7, 11) is 0. The summed E-state index contributed by atoms with van der Waals surface area (Å²) in [4.78, 5) is 11.6. The second-order valence-corrected chi connectivity index (χ2v) is 4.62. The van der Waals surface area contributed by atoms with Gasteiger partial charge in [0.2, 0.25) is 5.91 Å². The van der Waals surface area contributed by atoms with E-state index < -0.39 is 0 Å². The van der Waals surface area contributed by atoms with Gasteiger partial charge < -0.3 is 5.32 Å². The van der Waals surface area contributed by atoms with Crippen molar-refractivity contribution in [2.24, 2.45) is 0 Å². The average Bonchev–Trinajstić information content (AvgIpc) is 2.85. The number of benzene rings is 1. The Hall–Kier alpha value is -1.66. The molecule has 1 aromatic heterocycles. The van der Waals surface area contributed by atoms with Crippen LogP contribution in [0.1, 0.15) is 5.56 Å². The molecule has 2 rings (SSSR count). The van der Waals surface area contributed by atoms with E-state index in [0.29, 0.717) is 23.0 Å². The Bertz CT molecular complexity index is 538. The number of hydrogen-bond acceptors (Lipinski definition) is 4. The van der Waals surface area contributed by atoms with Gasteiger partial charge in [-0.3, -0.25) is 4.79 Å². The molecule has 8 heteroatoms. The molecule has 0 aliphatic heterocycles. The lowest BCUT2D eigenvalue weighted by atomic mass is 10.1. The van der Waals surface area contributed by atoms with Gasteiger partial charge in [0.05, 0.1) is 0 Å². The van der Waals surface area contributed by atoms with E-state index in [-0.39, 0.29) is 12.5 Å². The van der Waals surface area contributed by atoms with Gasteiger partial charge in [-0.15, -0.1) is 5.10 Å².